The zero-order chi connectivity index (χ0) is 73.3. The van der Waals surface area contributed by atoms with E-state index in [0.717, 1.165) is 146 Å². The number of aromatic nitrogens is 3. The van der Waals surface area contributed by atoms with Crippen LogP contribution in [0, 0.1) is 0 Å². The monoisotopic (exact) mass is 1400 g/mol. The molecule has 19 rings (SSSR count). The van der Waals surface area contributed by atoms with Crippen molar-refractivity contribution < 1.29 is 0 Å². The lowest BCUT2D eigenvalue weighted by Crippen LogP contribution is -2.27. The molecule has 0 saturated carbocycles. The Balaban J connectivity index is 0.800. The molecule has 1 spiro atoms. The number of allylic oxidation sites excluding steroid dienone is 6. The number of hydrogen-bond donors (Lipinski definition) is 1. The predicted molar refractivity (Wildman–Crippen MR) is 455 cm³/mol. The summed E-state index contributed by atoms with van der Waals surface area (Å²) >= 11 is 0. The lowest BCUT2D eigenvalue weighted by atomic mass is 9.69. The van der Waals surface area contributed by atoms with Crippen LogP contribution < -0.4 is 5.73 Å². The molecular weight excluding hydrogens is 1330 g/mol. The molecule has 0 radical (unpaired) electrons. The summed E-state index contributed by atoms with van der Waals surface area (Å²) in [6.07, 6.45) is 10.1. The summed E-state index contributed by atoms with van der Waals surface area (Å²) in [5.74, 6) is 2.56. The van der Waals surface area contributed by atoms with Gasteiger partial charge < -0.3 is 5.73 Å². The SMILES string of the molecule is N/C(=N\C(=N/Cc1ccc2c(c1)C1(C3=C(C=CCC=C3)c3ccccc31)c1cc(-c3nc(-c4cc(-c5ccccc5)cc(-c5ccccc5)c4)nc(-c4cc(-c5ccccc5)cc(-c5ccccc5)c4)n3)ccc1-2)c1cc(-c2ccccc2)cc(-c2ccccc2)c1)c1cc(-c2ccccc2)cc(-c2ccccc2)c1. The van der Waals surface area contributed by atoms with E-state index in [1.54, 1.807) is 0 Å². The van der Waals surface area contributed by atoms with E-state index in [9.17, 15) is 0 Å². The molecule has 16 aromatic rings. The minimum absolute atomic E-state index is 0.293. The Morgan fingerprint density at radius 3 is 1.04 bits per heavy atom. The molecule has 0 fully saturated rings. The summed E-state index contributed by atoms with van der Waals surface area (Å²) in [5.41, 5.74) is 38.6. The first-order chi connectivity index (χ1) is 54.4. The van der Waals surface area contributed by atoms with Crippen LogP contribution in [0.2, 0.25) is 0 Å². The topological polar surface area (TPSA) is 89.4 Å². The van der Waals surface area contributed by atoms with Gasteiger partial charge in [-0.05, 0) is 224 Å². The molecular formula is C104H72N6. The van der Waals surface area contributed by atoms with Crippen LogP contribution in [0.1, 0.15) is 45.4 Å². The first-order valence-electron chi connectivity index (χ1n) is 37.5. The number of rotatable bonds is 15. The van der Waals surface area contributed by atoms with E-state index < -0.39 is 5.41 Å². The van der Waals surface area contributed by atoms with E-state index >= 15 is 0 Å². The highest BCUT2D eigenvalue weighted by Gasteiger charge is 2.52. The number of hydrogen-bond acceptors (Lipinski definition) is 4. The van der Waals surface area contributed by atoms with Gasteiger partial charge in [-0.15, -0.1) is 0 Å². The lowest BCUT2D eigenvalue weighted by molar-refractivity contribution is 0.783. The third kappa shape index (κ3) is 12.7. The van der Waals surface area contributed by atoms with Crippen LogP contribution in [0.15, 0.2) is 416 Å². The van der Waals surface area contributed by atoms with Crippen molar-refractivity contribution in [3.8, 4) is 134 Å². The zero-order valence-corrected chi connectivity index (χ0v) is 60.3. The molecule has 3 aliphatic carbocycles. The van der Waals surface area contributed by atoms with Crippen molar-refractivity contribution in [1.82, 2.24) is 15.0 Å². The van der Waals surface area contributed by atoms with Gasteiger partial charge in [-0.3, -0.25) is 4.99 Å². The van der Waals surface area contributed by atoms with Gasteiger partial charge in [0.2, 0.25) is 0 Å². The number of aliphatic imine (C=N–C) groups is 2. The standard InChI is InChI=1S/C104H72N6/c105-99(87-59-79(70-30-10-1-11-31-70)55-80(60-87)71-32-12-2-13-33-71)107-100(88-61-81(72-34-14-3-15-35-72)56-82(62-88)73-36-16-4-17-37-73)106-68-69-50-52-93-94-53-51-78(67-98(94)104(97(93)54-69)95-48-27-9-26-46-91(95)92-47-28-29-49-96(92)104)101-108-102(89-63-83(74-38-18-5-19-39-74)57-84(64-89)75-40-20-6-21-41-75)110-103(109-101)90-65-85(76-42-22-7-23-43-76)58-86(66-90)77-44-24-8-25-45-77/h1-8,10-67H,9,68H2,(H2,105,106,107). The second-order valence-electron chi connectivity index (χ2n) is 28.4. The first kappa shape index (κ1) is 66.4. The summed E-state index contributed by atoms with van der Waals surface area (Å²) < 4.78 is 0. The van der Waals surface area contributed by atoms with Gasteiger partial charge in [0.15, 0.2) is 23.3 Å². The highest BCUT2D eigenvalue weighted by Crippen LogP contribution is 2.63. The Morgan fingerprint density at radius 2 is 0.618 bits per heavy atom. The smallest absolute Gasteiger partial charge is 0.164 e. The van der Waals surface area contributed by atoms with Crippen molar-refractivity contribution in [3.63, 3.8) is 0 Å². The molecule has 2 N–H and O–H groups in total. The first-order valence-corrected chi connectivity index (χ1v) is 37.5. The van der Waals surface area contributed by atoms with Crippen molar-refractivity contribution >= 4 is 17.2 Å². The quantitative estimate of drug-likeness (QED) is 0.0818. The van der Waals surface area contributed by atoms with E-state index in [1.807, 2.05) is 12.1 Å². The molecule has 0 amide bonds. The third-order valence-electron chi connectivity index (χ3n) is 21.5. The van der Waals surface area contributed by atoms with Crippen LogP contribution in [-0.2, 0) is 12.0 Å². The molecule has 110 heavy (non-hydrogen) atoms. The average Bonchev–Trinajstić information content (AvgIpc) is 1.51. The van der Waals surface area contributed by atoms with Crippen molar-refractivity contribution in [3.05, 3.63) is 445 Å². The number of nitrogens with two attached hydrogens (primary N) is 1. The van der Waals surface area contributed by atoms with Crippen LogP contribution in [-0.4, -0.2) is 26.6 Å². The van der Waals surface area contributed by atoms with E-state index in [2.05, 4.69) is 388 Å². The number of amidine groups is 2. The summed E-state index contributed by atoms with van der Waals surface area (Å²) in [6, 6.07) is 134. The Hall–Kier alpha value is -14.3. The minimum Gasteiger partial charge on any atom is -0.383 e. The maximum Gasteiger partial charge on any atom is 0.164 e. The second kappa shape index (κ2) is 28.9. The summed E-state index contributed by atoms with van der Waals surface area (Å²) in [6.45, 7) is 0.293. The van der Waals surface area contributed by atoms with E-state index in [-0.39, 0.29) is 0 Å². The summed E-state index contributed by atoms with van der Waals surface area (Å²) in [5, 5.41) is 0. The van der Waals surface area contributed by atoms with Gasteiger partial charge in [0.25, 0.3) is 0 Å². The summed E-state index contributed by atoms with van der Waals surface area (Å²) in [7, 11) is 0. The van der Waals surface area contributed by atoms with Crippen LogP contribution in [0.4, 0.5) is 0 Å². The van der Waals surface area contributed by atoms with Crippen molar-refractivity contribution in [2.75, 3.05) is 0 Å². The molecule has 0 saturated heterocycles. The largest absolute Gasteiger partial charge is 0.383 e. The van der Waals surface area contributed by atoms with E-state index in [4.69, 9.17) is 30.7 Å². The van der Waals surface area contributed by atoms with Crippen LogP contribution in [0.25, 0.3) is 140 Å². The van der Waals surface area contributed by atoms with Crippen LogP contribution in [0.5, 0.6) is 0 Å². The average molecular weight is 1410 g/mol. The predicted octanol–water partition coefficient (Wildman–Crippen LogP) is 25.2. The maximum absolute atomic E-state index is 7.50. The molecule has 1 aromatic heterocycles. The molecule has 15 aromatic carbocycles. The molecule has 1 unspecified atom stereocenters. The molecule has 518 valence electrons. The van der Waals surface area contributed by atoms with Crippen LogP contribution in [0.3, 0.4) is 0 Å². The van der Waals surface area contributed by atoms with Gasteiger partial charge in [-0.2, -0.15) is 0 Å². The van der Waals surface area contributed by atoms with Gasteiger partial charge in [0, 0.05) is 27.8 Å². The van der Waals surface area contributed by atoms with Crippen LogP contribution >= 0.6 is 0 Å². The van der Waals surface area contributed by atoms with E-state index in [0.29, 0.717) is 35.7 Å². The Labute approximate surface area is 641 Å². The summed E-state index contributed by atoms with van der Waals surface area (Å²) in [4.78, 5) is 28.1. The fourth-order valence-electron chi connectivity index (χ4n) is 16.3. The number of nitrogens with zero attached hydrogens (tertiary/aromatic N) is 5. The lowest BCUT2D eigenvalue weighted by Gasteiger charge is -2.32. The molecule has 1 heterocycles. The van der Waals surface area contributed by atoms with Gasteiger partial charge in [0.05, 0.1) is 12.0 Å². The molecule has 0 aliphatic heterocycles. The van der Waals surface area contributed by atoms with Crippen molar-refractivity contribution in [2.24, 2.45) is 15.7 Å². The third-order valence-corrected chi connectivity index (χ3v) is 21.5. The Bertz CT molecular complexity index is 5970. The Kier molecular flexibility index (Phi) is 17.4. The molecule has 3 aliphatic rings. The minimum atomic E-state index is -0.778. The normalized spacial score (nSPS) is 14.1. The zero-order valence-electron chi connectivity index (χ0n) is 60.3. The second-order valence-corrected chi connectivity index (χ2v) is 28.4. The molecule has 6 nitrogen and oxygen atoms in total. The molecule has 0 bridgehead atoms. The van der Waals surface area contributed by atoms with Gasteiger partial charge in [-0.25, -0.2) is 19.9 Å². The molecule has 6 heteroatoms. The number of benzene rings is 15. The highest BCUT2D eigenvalue weighted by molar-refractivity contribution is 6.12. The van der Waals surface area contributed by atoms with Gasteiger partial charge >= 0.3 is 0 Å². The van der Waals surface area contributed by atoms with Gasteiger partial charge in [0.1, 0.15) is 5.84 Å². The molecule has 1 atom stereocenters. The van der Waals surface area contributed by atoms with Crippen molar-refractivity contribution in [1.29, 1.82) is 0 Å². The Morgan fingerprint density at radius 1 is 0.282 bits per heavy atom. The van der Waals surface area contributed by atoms with E-state index in [1.165, 1.54) is 27.8 Å². The van der Waals surface area contributed by atoms with Gasteiger partial charge in [-0.1, -0.05) is 322 Å². The highest BCUT2D eigenvalue weighted by atomic mass is 15.0. The maximum atomic E-state index is 7.50. The number of fused-ring (bicyclic) bond motifs is 9. The fourth-order valence-corrected chi connectivity index (χ4v) is 16.3. The fraction of sp³-hybridized carbons (Fsp3) is 0.0288. The van der Waals surface area contributed by atoms with Crippen molar-refractivity contribution in [2.45, 2.75) is 18.4 Å².